The maximum atomic E-state index is 11.6. The average Bonchev–Trinajstić information content (AvgIpc) is 2.45. The lowest BCUT2D eigenvalue weighted by Gasteiger charge is -2.12. The Hall–Kier alpha value is -2.30. The van der Waals surface area contributed by atoms with Crippen molar-refractivity contribution in [2.45, 2.75) is 6.92 Å². The molecule has 0 unspecified atom stereocenters. The van der Waals surface area contributed by atoms with E-state index in [-0.39, 0.29) is 5.69 Å². The number of hydrogen-bond acceptors (Lipinski definition) is 5. The lowest BCUT2D eigenvalue weighted by molar-refractivity contribution is 0.0594. The van der Waals surface area contributed by atoms with E-state index in [9.17, 15) is 4.79 Å². The Labute approximate surface area is 111 Å². The molecule has 0 bridgehead atoms. The molecule has 0 spiro atoms. The molecule has 1 aromatic heterocycles. The molecule has 2 rings (SSSR count). The zero-order valence-electron chi connectivity index (χ0n) is 11.3. The highest BCUT2D eigenvalue weighted by Crippen LogP contribution is 2.34. The fourth-order valence-corrected chi connectivity index (χ4v) is 1.98. The largest absolute Gasteiger partial charge is 0.496 e. The van der Waals surface area contributed by atoms with Crippen molar-refractivity contribution in [2.24, 2.45) is 0 Å². The highest BCUT2D eigenvalue weighted by Gasteiger charge is 2.16. The van der Waals surface area contributed by atoms with E-state index >= 15 is 0 Å². The van der Waals surface area contributed by atoms with Crippen molar-refractivity contribution in [3.05, 3.63) is 29.5 Å². The normalized spacial score (nSPS) is 10.3. The lowest BCUT2D eigenvalue weighted by atomic mass is 10.1. The van der Waals surface area contributed by atoms with Gasteiger partial charge in [-0.15, -0.1) is 0 Å². The molecule has 0 amide bonds. The topological polar surface area (TPSA) is 57.7 Å². The Morgan fingerprint density at radius 1 is 1.11 bits per heavy atom. The molecule has 0 aliphatic carbocycles. The van der Waals surface area contributed by atoms with Gasteiger partial charge in [-0.1, -0.05) is 6.07 Å². The van der Waals surface area contributed by atoms with Crippen LogP contribution in [0.2, 0.25) is 0 Å². The molecule has 1 aromatic carbocycles. The number of carbonyl (C=O) groups excluding carboxylic acids is 1. The number of esters is 1. The number of pyridine rings is 1. The number of rotatable bonds is 3. The van der Waals surface area contributed by atoms with Gasteiger partial charge in [0.25, 0.3) is 0 Å². The third-order valence-electron chi connectivity index (χ3n) is 2.93. The van der Waals surface area contributed by atoms with Crippen LogP contribution < -0.4 is 9.47 Å². The molecule has 100 valence electrons. The first kappa shape index (κ1) is 13.1. The van der Waals surface area contributed by atoms with Crippen LogP contribution in [0.25, 0.3) is 10.9 Å². The van der Waals surface area contributed by atoms with E-state index in [1.807, 2.05) is 19.1 Å². The summed E-state index contributed by atoms with van der Waals surface area (Å²) in [6, 6.07) is 5.30. The summed E-state index contributed by atoms with van der Waals surface area (Å²) in [6.07, 6.45) is 0. The minimum Gasteiger partial charge on any atom is -0.496 e. The summed E-state index contributed by atoms with van der Waals surface area (Å²) in [5.41, 5.74) is 1.77. The summed E-state index contributed by atoms with van der Waals surface area (Å²) in [7, 11) is 4.42. The number of methoxy groups -OCH3 is 3. The molecule has 0 atom stereocenters. The molecule has 19 heavy (non-hydrogen) atoms. The second kappa shape index (κ2) is 5.14. The van der Waals surface area contributed by atoms with Crippen LogP contribution in [0.5, 0.6) is 11.5 Å². The molecule has 5 nitrogen and oxygen atoms in total. The zero-order valence-corrected chi connectivity index (χ0v) is 11.3. The first-order chi connectivity index (χ1) is 9.12. The molecule has 0 N–H and O–H groups in total. The van der Waals surface area contributed by atoms with Crippen molar-refractivity contribution in [3.8, 4) is 11.5 Å². The summed E-state index contributed by atoms with van der Waals surface area (Å²) in [4.78, 5) is 15.9. The van der Waals surface area contributed by atoms with Gasteiger partial charge in [0.05, 0.1) is 21.3 Å². The second-order valence-electron chi connectivity index (χ2n) is 4.01. The summed E-state index contributed by atoms with van der Waals surface area (Å²) < 4.78 is 15.3. The molecule has 0 saturated carbocycles. The number of aryl methyl sites for hydroxylation is 1. The van der Waals surface area contributed by atoms with Gasteiger partial charge in [-0.3, -0.25) is 0 Å². The Balaban J connectivity index is 2.84. The molecule has 5 heteroatoms. The molecule has 0 radical (unpaired) electrons. The van der Waals surface area contributed by atoms with Crippen LogP contribution in [0.3, 0.4) is 0 Å². The van der Waals surface area contributed by atoms with E-state index in [1.54, 1.807) is 20.3 Å². The maximum Gasteiger partial charge on any atom is 0.356 e. The smallest absolute Gasteiger partial charge is 0.356 e. The van der Waals surface area contributed by atoms with Gasteiger partial charge in [0.1, 0.15) is 17.0 Å². The van der Waals surface area contributed by atoms with Crippen molar-refractivity contribution >= 4 is 16.9 Å². The summed E-state index contributed by atoms with van der Waals surface area (Å²) >= 11 is 0. The van der Waals surface area contributed by atoms with Crippen LogP contribution in [0, 0.1) is 6.92 Å². The van der Waals surface area contributed by atoms with Crippen molar-refractivity contribution in [1.82, 2.24) is 4.98 Å². The van der Waals surface area contributed by atoms with Gasteiger partial charge in [-0.25, -0.2) is 9.78 Å². The number of ether oxygens (including phenoxy) is 3. The number of hydrogen-bond donors (Lipinski definition) is 0. The molecule has 0 fully saturated rings. The van der Waals surface area contributed by atoms with E-state index in [0.29, 0.717) is 17.0 Å². The van der Waals surface area contributed by atoms with Crippen molar-refractivity contribution in [2.75, 3.05) is 21.3 Å². The highest BCUT2D eigenvalue weighted by molar-refractivity contribution is 5.97. The van der Waals surface area contributed by atoms with Gasteiger partial charge in [0.2, 0.25) is 0 Å². The minimum atomic E-state index is -0.510. The number of fused-ring (bicyclic) bond motifs is 1. The quantitative estimate of drug-likeness (QED) is 0.794. The van der Waals surface area contributed by atoms with Crippen LogP contribution in [0.1, 0.15) is 16.1 Å². The van der Waals surface area contributed by atoms with Gasteiger partial charge in [-0.2, -0.15) is 0 Å². The van der Waals surface area contributed by atoms with Crippen LogP contribution in [-0.4, -0.2) is 32.3 Å². The monoisotopic (exact) mass is 261 g/mol. The van der Waals surface area contributed by atoms with Crippen molar-refractivity contribution < 1.29 is 19.0 Å². The van der Waals surface area contributed by atoms with Crippen LogP contribution in [0.4, 0.5) is 0 Å². The summed E-state index contributed by atoms with van der Waals surface area (Å²) in [5, 5.41) is 0.828. The third kappa shape index (κ3) is 2.19. The second-order valence-corrected chi connectivity index (χ2v) is 4.01. The highest BCUT2D eigenvalue weighted by atomic mass is 16.5. The van der Waals surface area contributed by atoms with E-state index in [4.69, 9.17) is 14.2 Å². The first-order valence-electron chi connectivity index (χ1n) is 5.73. The maximum absolute atomic E-state index is 11.6. The van der Waals surface area contributed by atoms with Crippen molar-refractivity contribution in [3.63, 3.8) is 0 Å². The standard InChI is InChI=1S/C14H15NO4/c1-8-5-6-10(17-2)13-12(8)11(18-3)7-9(15-13)14(16)19-4/h5-7H,1-4H3. The Bertz CT molecular complexity index is 637. The minimum absolute atomic E-state index is 0.191. The lowest BCUT2D eigenvalue weighted by Crippen LogP contribution is -2.06. The number of nitrogens with zero attached hydrogens (tertiary/aromatic N) is 1. The molecule has 0 aliphatic heterocycles. The average molecular weight is 261 g/mol. The SMILES string of the molecule is COC(=O)c1cc(OC)c2c(C)ccc(OC)c2n1. The van der Waals surface area contributed by atoms with Crippen LogP contribution in [0.15, 0.2) is 18.2 Å². The molecule has 0 saturated heterocycles. The Morgan fingerprint density at radius 3 is 2.37 bits per heavy atom. The fourth-order valence-electron chi connectivity index (χ4n) is 1.98. The molecule has 0 aliphatic rings. The molecule has 2 aromatic rings. The predicted molar refractivity (Wildman–Crippen MR) is 70.9 cm³/mol. The Morgan fingerprint density at radius 2 is 1.79 bits per heavy atom. The van der Waals surface area contributed by atoms with E-state index in [0.717, 1.165) is 10.9 Å². The van der Waals surface area contributed by atoms with E-state index < -0.39 is 5.97 Å². The number of carbonyl (C=O) groups is 1. The van der Waals surface area contributed by atoms with Crippen LogP contribution in [-0.2, 0) is 4.74 Å². The van der Waals surface area contributed by atoms with Gasteiger partial charge in [0, 0.05) is 11.5 Å². The van der Waals surface area contributed by atoms with Gasteiger partial charge in [0.15, 0.2) is 5.69 Å². The summed E-state index contributed by atoms with van der Waals surface area (Å²) in [6.45, 7) is 1.95. The number of benzene rings is 1. The molecular weight excluding hydrogens is 246 g/mol. The fraction of sp³-hybridized carbons (Fsp3) is 0.286. The first-order valence-corrected chi connectivity index (χ1v) is 5.73. The van der Waals surface area contributed by atoms with E-state index in [2.05, 4.69) is 4.98 Å². The van der Waals surface area contributed by atoms with Gasteiger partial charge >= 0.3 is 5.97 Å². The van der Waals surface area contributed by atoms with E-state index in [1.165, 1.54) is 7.11 Å². The summed E-state index contributed by atoms with van der Waals surface area (Å²) in [5.74, 6) is 0.648. The molecule has 1 heterocycles. The van der Waals surface area contributed by atoms with Gasteiger partial charge < -0.3 is 14.2 Å². The molecular formula is C14H15NO4. The van der Waals surface area contributed by atoms with Crippen molar-refractivity contribution in [1.29, 1.82) is 0 Å². The predicted octanol–water partition coefficient (Wildman–Crippen LogP) is 2.35. The zero-order chi connectivity index (χ0) is 14.0. The van der Waals surface area contributed by atoms with Gasteiger partial charge in [-0.05, 0) is 18.6 Å². The Kier molecular flexibility index (Phi) is 3.55. The third-order valence-corrected chi connectivity index (χ3v) is 2.93. The number of aromatic nitrogens is 1. The van der Waals surface area contributed by atoms with Crippen LogP contribution >= 0.6 is 0 Å².